The van der Waals surface area contributed by atoms with E-state index >= 15 is 0 Å². The first-order valence-electron chi connectivity index (χ1n) is 7.30. The van der Waals surface area contributed by atoms with E-state index in [-0.39, 0.29) is 17.8 Å². The Morgan fingerprint density at radius 3 is 3.00 bits per heavy atom. The van der Waals surface area contributed by atoms with Gasteiger partial charge in [0.25, 0.3) is 0 Å². The van der Waals surface area contributed by atoms with Crippen molar-refractivity contribution in [2.75, 3.05) is 6.61 Å². The second-order valence-corrected chi connectivity index (χ2v) is 5.65. The summed E-state index contributed by atoms with van der Waals surface area (Å²) in [6.07, 6.45) is 1.60. The minimum atomic E-state index is -1.06. The highest BCUT2D eigenvalue weighted by Crippen LogP contribution is 2.48. The molecule has 2 aliphatic carbocycles. The second-order valence-electron chi connectivity index (χ2n) is 5.65. The third-order valence-corrected chi connectivity index (χ3v) is 4.11. The quantitative estimate of drug-likeness (QED) is 0.510. The highest BCUT2D eigenvalue weighted by atomic mass is 16.6. The molecule has 3 N–H and O–H groups in total. The van der Waals surface area contributed by atoms with Crippen LogP contribution in [0.5, 0.6) is 0 Å². The molecule has 0 aromatic carbocycles. The molecule has 0 bridgehead atoms. The smallest absolute Gasteiger partial charge is 0.344 e. The molecule has 0 aliphatic heterocycles. The van der Waals surface area contributed by atoms with Crippen LogP contribution in [0.15, 0.2) is 5.16 Å². The van der Waals surface area contributed by atoms with E-state index in [0.29, 0.717) is 19.3 Å². The Bertz CT molecular complexity index is 478. The van der Waals surface area contributed by atoms with E-state index in [1.165, 1.54) is 0 Å². The van der Waals surface area contributed by atoms with Crippen molar-refractivity contribution < 1.29 is 25.0 Å². The van der Waals surface area contributed by atoms with Crippen molar-refractivity contribution in [3.05, 3.63) is 0 Å². The monoisotopic (exact) mass is 295 g/mol. The normalized spacial score (nSPS) is 33.6. The lowest BCUT2D eigenvalue weighted by Crippen LogP contribution is -2.36. The van der Waals surface area contributed by atoms with Gasteiger partial charge in [-0.05, 0) is 25.2 Å². The highest BCUT2D eigenvalue weighted by molar-refractivity contribution is 5.93. The number of aliphatic carboxylic acids is 1. The first-order valence-corrected chi connectivity index (χ1v) is 7.30. The van der Waals surface area contributed by atoms with Crippen LogP contribution in [0.4, 0.5) is 0 Å². The third kappa shape index (κ3) is 3.74. The highest BCUT2D eigenvalue weighted by Gasteiger charge is 2.51. The SMILES string of the molecule is CCCC(O)C#CC1C(O)CC2C(=NOCC(=O)O)CC21. The van der Waals surface area contributed by atoms with Gasteiger partial charge in [0.15, 0.2) is 0 Å². The molecule has 2 rings (SSSR count). The van der Waals surface area contributed by atoms with Crippen molar-refractivity contribution >= 4 is 11.7 Å². The van der Waals surface area contributed by atoms with Gasteiger partial charge < -0.3 is 20.2 Å². The molecule has 0 saturated heterocycles. The standard InChI is InChI=1S/C15H21NO5/c1-2-3-9(17)4-5-10-11-6-13(12(11)7-14(10)18)16-21-8-15(19)20/h9-12,14,17-18H,2-3,6-8H2,1H3,(H,19,20). The molecule has 6 heteroatoms. The summed E-state index contributed by atoms with van der Waals surface area (Å²) in [5, 5.41) is 32.0. The van der Waals surface area contributed by atoms with Crippen molar-refractivity contribution in [3.8, 4) is 11.8 Å². The average Bonchev–Trinajstić information content (AvgIpc) is 2.65. The maximum absolute atomic E-state index is 10.3. The predicted octanol–water partition coefficient (Wildman–Crippen LogP) is 0.625. The molecule has 0 aromatic heterocycles. The summed E-state index contributed by atoms with van der Waals surface area (Å²) in [6.45, 7) is 1.53. The van der Waals surface area contributed by atoms with Crippen molar-refractivity contribution in [3.63, 3.8) is 0 Å². The van der Waals surface area contributed by atoms with Crippen LogP contribution in [0.2, 0.25) is 0 Å². The molecule has 0 amide bonds. The van der Waals surface area contributed by atoms with Gasteiger partial charge in [0.2, 0.25) is 6.61 Å². The predicted molar refractivity (Wildman–Crippen MR) is 75.4 cm³/mol. The van der Waals surface area contributed by atoms with Crippen LogP contribution in [-0.4, -0.2) is 45.8 Å². The van der Waals surface area contributed by atoms with Gasteiger partial charge in [0, 0.05) is 5.92 Å². The Morgan fingerprint density at radius 1 is 1.57 bits per heavy atom. The summed E-state index contributed by atoms with van der Waals surface area (Å²) in [4.78, 5) is 15.1. The third-order valence-electron chi connectivity index (χ3n) is 4.11. The number of aliphatic hydroxyl groups excluding tert-OH is 2. The summed E-state index contributed by atoms with van der Waals surface area (Å²) in [7, 11) is 0. The van der Waals surface area contributed by atoms with Gasteiger partial charge in [-0.15, -0.1) is 0 Å². The number of rotatable bonds is 5. The zero-order valence-corrected chi connectivity index (χ0v) is 12.0. The summed E-state index contributed by atoms with van der Waals surface area (Å²) >= 11 is 0. The zero-order chi connectivity index (χ0) is 15.4. The van der Waals surface area contributed by atoms with Crippen molar-refractivity contribution in [2.24, 2.45) is 22.9 Å². The second kappa shape index (κ2) is 6.92. The zero-order valence-electron chi connectivity index (χ0n) is 12.0. The molecular formula is C15H21NO5. The van der Waals surface area contributed by atoms with Gasteiger partial charge in [0.05, 0.1) is 17.7 Å². The fourth-order valence-corrected chi connectivity index (χ4v) is 3.02. The van der Waals surface area contributed by atoms with E-state index in [2.05, 4.69) is 17.0 Å². The first kappa shape index (κ1) is 15.8. The molecule has 2 aliphatic rings. The minimum absolute atomic E-state index is 0.122. The summed E-state index contributed by atoms with van der Waals surface area (Å²) in [6, 6.07) is 0. The molecule has 116 valence electrons. The minimum Gasteiger partial charge on any atom is -0.479 e. The number of nitrogens with zero attached hydrogens (tertiary/aromatic N) is 1. The van der Waals surface area contributed by atoms with Crippen LogP contribution in [0.3, 0.4) is 0 Å². The van der Waals surface area contributed by atoms with Gasteiger partial charge in [-0.3, -0.25) is 0 Å². The van der Waals surface area contributed by atoms with Crippen molar-refractivity contribution in [2.45, 2.75) is 44.8 Å². The van der Waals surface area contributed by atoms with Gasteiger partial charge in [-0.25, -0.2) is 4.79 Å². The van der Waals surface area contributed by atoms with Gasteiger partial charge >= 0.3 is 5.97 Å². The van der Waals surface area contributed by atoms with Crippen molar-refractivity contribution in [1.82, 2.24) is 0 Å². The Morgan fingerprint density at radius 2 is 2.33 bits per heavy atom. The average molecular weight is 295 g/mol. The first-order chi connectivity index (χ1) is 10.0. The number of hydrogen-bond donors (Lipinski definition) is 3. The molecule has 2 saturated carbocycles. The maximum atomic E-state index is 10.3. The molecule has 5 unspecified atom stereocenters. The number of carbonyl (C=O) groups is 1. The lowest BCUT2D eigenvalue weighted by Gasteiger charge is -2.33. The number of carboxylic acid groups (broad SMARTS) is 1. The van der Waals surface area contributed by atoms with E-state index < -0.39 is 24.8 Å². The van der Waals surface area contributed by atoms with Crippen LogP contribution in [0.25, 0.3) is 0 Å². The molecule has 21 heavy (non-hydrogen) atoms. The molecule has 5 atom stereocenters. The molecule has 0 spiro atoms. The molecule has 0 heterocycles. The van der Waals surface area contributed by atoms with Gasteiger partial charge in [-0.2, -0.15) is 0 Å². The van der Waals surface area contributed by atoms with Crippen LogP contribution in [-0.2, 0) is 9.63 Å². The van der Waals surface area contributed by atoms with Crippen LogP contribution in [0, 0.1) is 29.6 Å². The fourth-order valence-electron chi connectivity index (χ4n) is 3.02. The van der Waals surface area contributed by atoms with E-state index in [1.807, 2.05) is 6.92 Å². The van der Waals surface area contributed by atoms with Gasteiger partial charge in [0.1, 0.15) is 6.10 Å². The number of fused-ring (bicyclic) bond motifs is 1. The van der Waals surface area contributed by atoms with Crippen LogP contribution >= 0.6 is 0 Å². The number of hydrogen-bond acceptors (Lipinski definition) is 5. The van der Waals surface area contributed by atoms with E-state index in [4.69, 9.17) is 9.94 Å². The Balaban J connectivity index is 1.90. The number of aliphatic hydroxyl groups is 2. The summed E-state index contributed by atoms with van der Waals surface area (Å²) in [5.41, 5.74) is 0.804. The lowest BCUT2D eigenvalue weighted by atomic mass is 9.71. The maximum Gasteiger partial charge on any atom is 0.344 e. The van der Waals surface area contributed by atoms with Crippen LogP contribution < -0.4 is 0 Å². The summed E-state index contributed by atoms with van der Waals surface area (Å²) in [5.74, 6) is 4.97. The summed E-state index contributed by atoms with van der Waals surface area (Å²) < 4.78 is 0. The Kier molecular flexibility index (Phi) is 5.21. The Labute approximate surface area is 123 Å². The van der Waals surface area contributed by atoms with E-state index in [9.17, 15) is 15.0 Å². The number of carboxylic acids is 1. The molecule has 0 aromatic rings. The lowest BCUT2D eigenvalue weighted by molar-refractivity contribution is -0.142. The Hall–Kier alpha value is -1.58. The molecule has 6 nitrogen and oxygen atoms in total. The van der Waals surface area contributed by atoms with Gasteiger partial charge in [-0.1, -0.05) is 30.3 Å². The molecule has 2 fully saturated rings. The number of oxime groups is 1. The van der Waals surface area contributed by atoms with Crippen molar-refractivity contribution in [1.29, 1.82) is 0 Å². The topological polar surface area (TPSA) is 99.4 Å². The fraction of sp³-hybridized carbons (Fsp3) is 0.733. The van der Waals surface area contributed by atoms with E-state index in [0.717, 1.165) is 12.1 Å². The molecular weight excluding hydrogens is 274 g/mol. The van der Waals surface area contributed by atoms with Crippen LogP contribution in [0.1, 0.15) is 32.6 Å². The molecule has 0 radical (unpaired) electrons. The largest absolute Gasteiger partial charge is 0.479 e. The van der Waals surface area contributed by atoms with E-state index in [1.54, 1.807) is 0 Å².